The molecule has 0 amide bonds. The van der Waals surface area contributed by atoms with Crippen LogP contribution in [0.25, 0.3) is 49.7 Å². The maximum absolute atomic E-state index is 6.82. The molecule has 0 atom stereocenters. The summed E-state index contributed by atoms with van der Waals surface area (Å²) in [6.45, 7) is 0. The van der Waals surface area contributed by atoms with Crippen LogP contribution in [0, 0.1) is 0 Å². The van der Waals surface area contributed by atoms with Crippen molar-refractivity contribution in [2.75, 3.05) is 4.90 Å². The van der Waals surface area contributed by atoms with Gasteiger partial charge >= 0.3 is 0 Å². The average Bonchev–Trinajstić information content (AvgIpc) is 3.42. The van der Waals surface area contributed by atoms with Crippen molar-refractivity contribution in [3.05, 3.63) is 140 Å². The van der Waals surface area contributed by atoms with Crippen molar-refractivity contribution >= 4 is 49.8 Å². The first-order valence-corrected chi connectivity index (χ1v) is 14.7. The van der Waals surface area contributed by atoms with E-state index in [9.17, 15) is 0 Å². The van der Waals surface area contributed by atoms with Gasteiger partial charge in [-0.1, -0.05) is 91.0 Å². The number of para-hydroxylation sites is 6. The van der Waals surface area contributed by atoms with E-state index in [4.69, 9.17) is 14.5 Å². The fourth-order valence-corrected chi connectivity index (χ4v) is 6.88. The minimum Gasteiger partial charge on any atom is -0.453 e. The van der Waals surface area contributed by atoms with E-state index in [-0.39, 0.29) is 0 Å². The molecule has 0 saturated heterocycles. The predicted octanol–water partition coefficient (Wildman–Crippen LogP) is 10.7. The van der Waals surface area contributed by atoms with Gasteiger partial charge in [0.2, 0.25) is 0 Å². The van der Waals surface area contributed by atoms with Gasteiger partial charge in [-0.3, -0.25) is 9.47 Å². The lowest BCUT2D eigenvalue weighted by molar-refractivity contribution is 0.450. The number of rotatable bonds is 2. The van der Waals surface area contributed by atoms with Crippen LogP contribution >= 0.6 is 0 Å². The van der Waals surface area contributed by atoms with E-state index >= 15 is 0 Å². The van der Waals surface area contributed by atoms with Gasteiger partial charge in [0.05, 0.1) is 33.3 Å². The molecule has 6 aromatic carbocycles. The molecule has 4 heterocycles. The van der Waals surface area contributed by atoms with Crippen LogP contribution < -0.4 is 14.4 Å². The molecule has 0 bridgehead atoms. The average molecular weight is 566 g/mol. The fraction of sp³-hybridized carbons (Fsp3) is 0. The van der Waals surface area contributed by atoms with Gasteiger partial charge < -0.3 is 9.47 Å². The SMILES string of the molecule is c1ccc(-c2cc(-n3c4ccccc4c4c5c6c(cc43)Oc3ccccc3N6c3ccccc3O5)nc3ccccc23)cc1. The lowest BCUT2D eigenvalue weighted by Crippen LogP contribution is -2.20. The summed E-state index contributed by atoms with van der Waals surface area (Å²) >= 11 is 0. The fourth-order valence-electron chi connectivity index (χ4n) is 6.88. The van der Waals surface area contributed by atoms with E-state index in [0.29, 0.717) is 0 Å². The summed E-state index contributed by atoms with van der Waals surface area (Å²) in [4.78, 5) is 7.52. The second-order valence-corrected chi connectivity index (χ2v) is 11.2. The van der Waals surface area contributed by atoms with Gasteiger partial charge in [-0.25, -0.2) is 4.98 Å². The van der Waals surface area contributed by atoms with E-state index in [0.717, 1.165) is 89.7 Å². The van der Waals surface area contributed by atoms with E-state index in [1.807, 2.05) is 42.5 Å². The summed E-state index contributed by atoms with van der Waals surface area (Å²) < 4.78 is 15.7. The highest BCUT2D eigenvalue weighted by molar-refractivity contribution is 6.17. The van der Waals surface area contributed by atoms with E-state index < -0.39 is 0 Å². The quantitative estimate of drug-likeness (QED) is 0.209. The maximum Gasteiger partial charge on any atom is 0.165 e. The summed E-state index contributed by atoms with van der Waals surface area (Å²) in [5.41, 5.74) is 8.14. The van der Waals surface area contributed by atoms with Gasteiger partial charge in [0.25, 0.3) is 0 Å². The molecule has 44 heavy (non-hydrogen) atoms. The molecular formula is C39H23N3O2. The van der Waals surface area contributed by atoms with Crippen molar-refractivity contribution < 1.29 is 9.47 Å². The molecule has 0 fully saturated rings. The molecule has 0 unspecified atom stereocenters. The van der Waals surface area contributed by atoms with Crippen LogP contribution in [0.15, 0.2) is 140 Å². The third-order valence-corrected chi connectivity index (χ3v) is 8.74. The van der Waals surface area contributed by atoms with Crippen molar-refractivity contribution in [1.82, 2.24) is 9.55 Å². The number of nitrogens with zero attached hydrogens (tertiary/aromatic N) is 3. The summed E-state index contributed by atoms with van der Waals surface area (Å²) in [5.74, 6) is 3.98. The topological polar surface area (TPSA) is 39.5 Å². The molecule has 2 aromatic heterocycles. The second kappa shape index (κ2) is 8.72. The first-order chi connectivity index (χ1) is 21.8. The Hall–Kier alpha value is -6.07. The lowest BCUT2D eigenvalue weighted by Gasteiger charge is -2.38. The standard InChI is InChI=1S/C39H23N3O2/c1-2-12-24(13-3-1)27-22-36(40-28-16-6-4-14-25(27)28)41-29-17-7-5-15-26(29)37-32(41)23-35-38-39(37)44-34-21-11-9-19-31(34)42(38)30-18-8-10-20-33(30)43-35/h1-23H. The Morgan fingerprint density at radius 3 is 2.00 bits per heavy atom. The van der Waals surface area contributed by atoms with Crippen LogP contribution in [0.1, 0.15) is 0 Å². The van der Waals surface area contributed by atoms with Crippen molar-refractivity contribution in [2.24, 2.45) is 0 Å². The highest BCUT2D eigenvalue weighted by atomic mass is 16.5. The first-order valence-electron chi connectivity index (χ1n) is 14.7. The number of aromatic nitrogens is 2. The van der Waals surface area contributed by atoms with E-state index in [1.165, 1.54) is 0 Å². The number of anilines is 3. The zero-order chi connectivity index (χ0) is 28.8. The number of benzene rings is 6. The van der Waals surface area contributed by atoms with Crippen molar-refractivity contribution in [2.45, 2.75) is 0 Å². The number of pyridine rings is 1. The molecule has 0 spiro atoms. The summed E-state index contributed by atoms with van der Waals surface area (Å²) in [6, 6.07) is 48.1. The van der Waals surface area contributed by atoms with Crippen LogP contribution in [0.5, 0.6) is 23.0 Å². The predicted molar refractivity (Wildman–Crippen MR) is 176 cm³/mol. The van der Waals surface area contributed by atoms with Crippen LogP contribution in [0.3, 0.4) is 0 Å². The van der Waals surface area contributed by atoms with Gasteiger partial charge in [-0.15, -0.1) is 0 Å². The molecule has 0 radical (unpaired) electrons. The van der Waals surface area contributed by atoms with E-state index in [2.05, 4.69) is 107 Å². The Balaban J connectivity index is 1.33. The number of ether oxygens (including phenoxy) is 2. The summed E-state index contributed by atoms with van der Waals surface area (Å²) in [6.07, 6.45) is 0. The number of hydrogen-bond donors (Lipinski definition) is 0. The Kier molecular flexibility index (Phi) is 4.66. The third kappa shape index (κ3) is 3.15. The molecule has 8 aromatic rings. The van der Waals surface area contributed by atoms with Gasteiger partial charge in [-0.2, -0.15) is 0 Å². The first kappa shape index (κ1) is 23.5. The Morgan fingerprint density at radius 1 is 0.523 bits per heavy atom. The Morgan fingerprint density at radius 2 is 1.18 bits per heavy atom. The molecule has 0 N–H and O–H groups in total. The maximum atomic E-state index is 6.82. The lowest BCUT2D eigenvalue weighted by atomic mass is 10.0. The van der Waals surface area contributed by atoms with Crippen LogP contribution in [0.2, 0.25) is 0 Å². The van der Waals surface area contributed by atoms with Crippen molar-refractivity contribution in [1.29, 1.82) is 0 Å². The molecule has 0 saturated carbocycles. The van der Waals surface area contributed by atoms with Crippen molar-refractivity contribution in [3.8, 4) is 39.9 Å². The zero-order valence-electron chi connectivity index (χ0n) is 23.4. The van der Waals surface area contributed by atoms with Gasteiger partial charge in [0, 0.05) is 16.8 Å². The molecule has 5 nitrogen and oxygen atoms in total. The van der Waals surface area contributed by atoms with Gasteiger partial charge in [0.1, 0.15) is 11.5 Å². The highest BCUT2D eigenvalue weighted by Crippen LogP contribution is 2.62. The molecule has 206 valence electrons. The third-order valence-electron chi connectivity index (χ3n) is 8.74. The van der Waals surface area contributed by atoms with Crippen LogP contribution in [0.4, 0.5) is 17.1 Å². The smallest absolute Gasteiger partial charge is 0.165 e. The normalized spacial score (nSPS) is 12.9. The minimum absolute atomic E-state index is 0.744. The largest absolute Gasteiger partial charge is 0.453 e. The summed E-state index contributed by atoms with van der Waals surface area (Å²) in [5, 5.41) is 3.24. The Bertz CT molecular complexity index is 2450. The van der Waals surface area contributed by atoms with Crippen LogP contribution in [-0.4, -0.2) is 9.55 Å². The van der Waals surface area contributed by atoms with E-state index in [1.54, 1.807) is 0 Å². The molecule has 5 heteroatoms. The Labute approximate surface area is 252 Å². The highest BCUT2D eigenvalue weighted by Gasteiger charge is 2.37. The molecule has 2 aliphatic heterocycles. The molecule has 0 aliphatic carbocycles. The molecular weight excluding hydrogens is 542 g/mol. The van der Waals surface area contributed by atoms with Crippen LogP contribution in [-0.2, 0) is 0 Å². The zero-order valence-corrected chi connectivity index (χ0v) is 23.4. The molecule has 10 rings (SSSR count). The van der Waals surface area contributed by atoms with Crippen molar-refractivity contribution in [3.63, 3.8) is 0 Å². The molecule has 2 aliphatic rings. The number of fused-ring (bicyclic) bond motifs is 9. The van der Waals surface area contributed by atoms with Gasteiger partial charge in [0.15, 0.2) is 23.0 Å². The minimum atomic E-state index is 0.744. The summed E-state index contributed by atoms with van der Waals surface area (Å²) in [7, 11) is 0. The van der Waals surface area contributed by atoms with Gasteiger partial charge in [-0.05, 0) is 53.6 Å². The monoisotopic (exact) mass is 565 g/mol. The number of hydrogen-bond acceptors (Lipinski definition) is 4. The second-order valence-electron chi connectivity index (χ2n) is 11.2.